The molecule has 2 saturated heterocycles. The molecule has 2 aromatic rings. The van der Waals surface area contributed by atoms with Crippen molar-refractivity contribution in [1.29, 1.82) is 0 Å². The van der Waals surface area contributed by atoms with Crippen LogP contribution in [0.1, 0.15) is 44.0 Å². The van der Waals surface area contributed by atoms with Gasteiger partial charge in [0.2, 0.25) is 0 Å². The number of aromatic hydroxyl groups is 1. The number of rotatable bonds is 3. The largest absolute Gasteiger partial charge is 0.506 e. The Morgan fingerprint density at radius 3 is 2.35 bits per heavy atom. The average molecular weight is 471 g/mol. The second-order valence-electron chi connectivity index (χ2n) is 9.05. The Morgan fingerprint density at radius 1 is 1.15 bits per heavy atom. The number of carbonyl (C=O) groups is 4. The molecule has 0 unspecified atom stereocenters. The number of amides is 4. The van der Waals surface area contributed by atoms with Gasteiger partial charge in [0.05, 0.1) is 5.56 Å². The van der Waals surface area contributed by atoms with E-state index >= 15 is 0 Å². The predicted molar refractivity (Wildman–Crippen MR) is 124 cm³/mol. The van der Waals surface area contributed by atoms with Crippen LogP contribution in [-0.4, -0.2) is 85.9 Å². The van der Waals surface area contributed by atoms with E-state index in [0.29, 0.717) is 37.9 Å². The van der Waals surface area contributed by atoms with E-state index in [-0.39, 0.29) is 35.1 Å². The van der Waals surface area contributed by atoms with Gasteiger partial charge in [0.25, 0.3) is 17.8 Å². The molecule has 4 amide bonds. The Hall–Kier alpha value is -3.69. The van der Waals surface area contributed by atoms with Gasteiger partial charge in [-0.1, -0.05) is 19.9 Å². The summed E-state index contributed by atoms with van der Waals surface area (Å²) in [5.41, 5.74) is -0.654. The molecule has 0 bridgehead atoms. The minimum absolute atomic E-state index is 0.0616. The molecule has 2 aliphatic heterocycles. The van der Waals surface area contributed by atoms with Crippen LogP contribution >= 0.6 is 0 Å². The number of fused-ring (bicyclic) bond motifs is 1. The summed E-state index contributed by atoms with van der Waals surface area (Å²) in [6, 6.07) is 4.78. The van der Waals surface area contributed by atoms with E-state index in [1.807, 2.05) is 13.8 Å². The number of piperidine rings is 1. The van der Waals surface area contributed by atoms with Gasteiger partial charge in [0.1, 0.15) is 11.3 Å². The highest BCUT2D eigenvalue weighted by Gasteiger charge is 2.57. The van der Waals surface area contributed by atoms with Gasteiger partial charge in [-0.05, 0) is 30.9 Å². The third kappa shape index (κ3) is 4.52. The number of hydrogen-bond acceptors (Lipinski definition) is 6. The molecule has 0 atom stereocenters. The first kappa shape index (κ1) is 24.9. The number of likely N-dealkylation sites (N-methyl/N-ethyl adjacent to an activating group) is 1. The Labute approximate surface area is 197 Å². The zero-order valence-electron chi connectivity index (χ0n) is 19.8. The maximum Gasteiger partial charge on any atom is 0.327 e. The second kappa shape index (κ2) is 9.66. The van der Waals surface area contributed by atoms with Crippen LogP contribution < -0.4 is 0 Å². The molecule has 2 N–H and O–H groups in total. The lowest BCUT2D eigenvalue weighted by Crippen LogP contribution is -2.58. The number of imide groups is 1. The summed E-state index contributed by atoms with van der Waals surface area (Å²) in [4.78, 5) is 56.3. The van der Waals surface area contributed by atoms with E-state index in [1.54, 1.807) is 40.4 Å². The average Bonchev–Trinajstić information content (AvgIpc) is 2.95. The van der Waals surface area contributed by atoms with Crippen molar-refractivity contribution in [2.24, 2.45) is 5.92 Å². The number of pyridine rings is 1. The van der Waals surface area contributed by atoms with E-state index in [4.69, 9.17) is 9.90 Å². The number of nitrogens with zero attached hydrogens (tertiary/aromatic N) is 4. The molecule has 10 nitrogen and oxygen atoms in total. The normalized spacial score (nSPS) is 17.4. The molecular formula is C24H30N4O6. The predicted octanol–water partition coefficient (Wildman–Crippen LogP) is 2.56. The fourth-order valence-corrected chi connectivity index (χ4v) is 4.56. The molecule has 4 rings (SSSR count). The molecule has 2 aliphatic rings. The number of carboxylic acids is 1. The maximum atomic E-state index is 13.1. The number of carbonyl (C=O) groups excluding carboxylic acids is 3. The lowest BCUT2D eigenvalue weighted by molar-refractivity contribution is -0.135. The monoisotopic (exact) mass is 470 g/mol. The van der Waals surface area contributed by atoms with Gasteiger partial charge in [-0.2, -0.15) is 0 Å². The fraction of sp³-hybridized carbons (Fsp3) is 0.458. The molecule has 1 spiro atoms. The summed E-state index contributed by atoms with van der Waals surface area (Å²) in [7, 11) is 1.52. The first-order valence-corrected chi connectivity index (χ1v) is 11.1. The number of aromatic nitrogens is 1. The van der Waals surface area contributed by atoms with Crippen LogP contribution in [0.15, 0.2) is 30.6 Å². The number of carboxylic acid groups (broad SMARTS) is 1. The number of hydrogen-bond donors (Lipinski definition) is 2. The SMILES string of the molecule is CC(=O)O.CC(C)CN1C(=O)N(C)C(=O)C12CCN(C(=O)c1ccc3cnccc3c1O)CC2. The first-order valence-electron chi connectivity index (χ1n) is 11.1. The van der Waals surface area contributed by atoms with Crippen LogP contribution in [0, 0.1) is 5.92 Å². The Balaban J connectivity index is 0.000000751. The quantitative estimate of drug-likeness (QED) is 0.659. The van der Waals surface area contributed by atoms with E-state index in [9.17, 15) is 19.5 Å². The van der Waals surface area contributed by atoms with Gasteiger partial charge in [-0.15, -0.1) is 0 Å². The number of aliphatic carboxylic acids is 1. The van der Waals surface area contributed by atoms with Crippen molar-refractivity contribution >= 4 is 34.6 Å². The van der Waals surface area contributed by atoms with Crippen molar-refractivity contribution in [3.63, 3.8) is 0 Å². The van der Waals surface area contributed by atoms with Crippen LogP contribution in [0.25, 0.3) is 10.8 Å². The Kier molecular flexibility index (Phi) is 7.09. The highest BCUT2D eigenvalue weighted by atomic mass is 16.4. The smallest absolute Gasteiger partial charge is 0.327 e. The molecule has 0 radical (unpaired) electrons. The minimum atomic E-state index is -0.885. The highest BCUT2D eigenvalue weighted by molar-refractivity contribution is 6.07. The van der Waals surface area contributed by atoms with Crippen LogP contribution in [0.5, 0.6) is 5.75 Å². The first-order chi connectivity index (χ1) is 16.0. The van der Waals surface area contributed by atoms with Crippen LogP contribution in [0.4, 0.5) is 4.79 Å². The molecule has 10 heteroatoms. The summed E-state index contributed by atoms with van der Waals surface area (Å²) < 4.78 is 0. The van der Waals surface area contributed by atoms with Gasteiger partial charge < -0.3 is 20.0 Å². The third-order valence-corrected chi connectivity index (χ3v) is 6.18. The standard InChI is InChI=1S/C22H26N4O4.C2H4O2/c1-14(2)13-26-21(30)24(3)20(29)22(26)7-10-25(11-8-22)19(28)17-5-4-15-12-23-9-6-16(15)18(17)27;1-2(3)4/h4-6,9,12,14,27H,7-8,10-11,13H2,1-3H3;1H3,(H,3,4). The van der Waals surface area contributed by atoms with Crippen molar-refractivity contribution in [1.82, 2.24) is 19.7 Å². The molecule has 34 heavy (non-hydrogen) atoms. The number of urea groups is 1. The molecule has 182 valence electrons. The summed E-state index contributed by atoms with van der Waals surface area (Å²) in [5.74, 6) is -1.13. The number of phenols is 1. The van der Waals surface area contributed by atoms with Crippen LogP contribution in [-0.2, 0) is 9.59 Å². The van der Waals surface area contributed by atoms with Crippen molar-refractivity contribution in [3.8, 4) is 5.75 Å². The third-order valence-electron chi connectivity index (χ3n) is 6.18. The lowest BCUT2D eigenvalue weighted by atomic mass is 9.85. The summed E-state index contributed by atoms with van der Waals surface area (Å²) in [5, 5.41) is 19.4. The zero-order valence-corrected chi connectivity index (χ0v) is 19.8. The summed E-state index contributed by atoms with van der Waals surface area (Å²) in [6.45, 7) is 6.30. The topological polar surface area (TPSA) is 131 Å². The minimum Gasteiger partial charge on any atom is -0.506 e. The van der Waals surface area contributed by atoms with Crippen LogP contribution in [0.2, 0.25) is 0 Å². The summed E-state index contributed by atoms with van der Waals surface area (Å²) in [6.07, 6.45) is 3.98. The Morgan fingerprint density at radius 2 is 1.76 bits per heavy atom. The number of likely N-dealkylation sites (tertiary alicyclic amines) is 1. The molecule has 2 fully saturated rings. The van der Waals surface area contributed by atoms with E-state index in [2.05, 4.69) is 4.98 Å². The molecule has 1 aromatic heterocycles. The van der Waals surface area contributed by atoms with Crippen molar-refractivity contribution < 1.29 is 29.4 Å². The van der Waals surface area contributed by atoms with E-state index in [1.165, 1.54) is 11.9 Å². The number of benzene rings is 1. The maximum absolute atomic E-state index is 13.1. The zero-order chi connectivity index (χ0) is 25.2. The van der Waals surface area contributed by atoms with Gasteiger partial charge in [-0.25, -0.2) is 4.79 Å². The van der Waals surface area contributed by atoms with Gasteiger partial charge in [0, 0.05) is 56.8 Å². The lowest BCUT2D eigenvalue weighted by Gasteiger charge is -2.42. The summed E-state index contributed by atoms with van der Waals surface area (Å²) >= 11 is 0. The van der Waals surface area contributed by atoms with Crippen molar-refractivity contribution in [2.45, 2.75) is 39.2 Å². The second-order valence-corrected chi connectivity index (χ2v) is 9.05. The molecular weight excluding hydrogens is 440 g/mol. The van der Waals surface area contributed by atoms with Crippen LogP contribution in [0.3, 0.4) is 0 Å². The van der Waals surface area contributed by atoms with E-state index < -0.39 is 11.5 Å². The molecule has 0 aliphatic carbocycles. The molecule has 3 heterocycles. The van der Waals surface area contributed by atoms with Gasteiger partial charge in [0.15, 0.2) is 0 Å². The number of phenolic OH excluding ortho intramolecular Hbond substituents is 1. The molecule has 0 saturated carbocycles. The molecule has 1 aromatic carbocycles. The fourth-order valence-electron chi connectivity index (χ4n) is 4.56. The van der Waals surface area contributed by atoms with E-state index in [0.717, 1.165) is 12.3 Å². The highest BCUT2D eigenvalue weighted by Crippen LogP contribution is 2.38. The van der Waals surface area contributed by atoms with Gasteiger partial charge >= 0.3 is 6.03 Å². The van der Waals surface area contributed by atoms with Crippen molar-refractivity contribution in [2.75, 3.05) is 26.7 Å². The van der Waals surface area contributed by atoms with Crippen molar-refractivity contribution in [3.05, 3.63) is 36.2 Å². The van der Waals surface area contributed by atoms with Gasteiger partial charge in [-0.3, -0.25) is 24.3 Å². The Bertz CT molecular complexity index is 1120.